The molecule has 4 rings (SSSR count). The predicted molar refractivity (Wildman–Crippen MR) is 96.2 cm³/mol. The minimum absolute atomic E-state index is 0.132. The summed E-state index contributed by atoms with van der Waals surface area (Å²) in [5, 5.41) is 0. The summed E-state index contributed by atoms with van der Waals surface area (Å²) < 4.78 is 23.6. The lowest BCUT2D eigenvalue weighted by molar-refractivity contribution is 0.0171. The number of aryl methyl sites for hydroxylation is 1. The van der Waals surface area contributed by atoms with Crippen molar-refractivity contribution in [1.29, 1.82) is 0 Å². The molecule has 1 N–H and O–H groups in total. The summed E-state index contributed by atoms with van der Waals surface area (Å²) in [6.45, 7) is 2.54. The van der Waals surface area contributed by atoms with Crippen molar-refractivity contribution in [2.75, 3.05) is 13.1 Å². The number of carbonyl (C=O) groups is 1. The number of nitrogens with zero attached hydrogens (tertiary/aromatic N) is 1. The van der Waals surface area contributed by atoms with Gasteiger partial charge < -0.3 is 19.0 Å². The van der Waals surface area contributed by atoms with Crippen LogP contribution in [0.3, 0.4) is 0 Å². The van der Waals surface area contributed by atoms with Crippen LogP contribution in [0.25, 0.3) is 11.1 Å². The van der Waals surface area contributed by atoms with Crippen molar-refractivity contribution < 1.29 is 18.3 Å². The van der Waals surface area contributed by atoms with Gasteiger partial charge in [0, 0.05) is 12.3 Å². The van der Waals surface area contributed by atoms with Gasteiger partial charge in [0.05, 0.1) is 19.2 Å². The second-order valence-corrected chi connectivity index (χ2v) is 6.48. The van der Waals surface area contributed by atoms with Gasteiger partial charge in [-0.1, -0.05) is 12.1 Å². The van der Waals surface area contributed by atoms with E-state index in [-0.39, 0.29) is 17.8 Å². The number of ether oxygens (including phenoxy) is 1. The van der Waals surface area contributed by atoms with E-state index in [0.717, 1.165) is 11.1 Å². The molecule has 0 saturated carbocycles. The molecule has 1 amide bonds. The van der Waals surface area contributed by atoms with E-state index in [9.17, 15) is 14.0 Å². The lowest BCUT2D eigenvalue weighted by Gasteiger charge is -2.38. The molecular weight excluding hydrogens is 351 g/mol. The van der Waals surface area contributed by atoms with Gasteiger partial charge in [-0.3, -0.25) is 4.79 Å². The molecule has 6 nitrogen and oxygen atoms in total. The number of benzene rings is 1. The standard InChI is InChI=1S/C20H17FN2O4/c1-12-6-16(8-19(24)26-12)27-17-10-23(11-17)20(25)18-7-14(9-22-18)13-2-4-15(21)5-3-13/h2-9,17,22H,10-11H2,1H3. The molecule has 1 aromatic carbocycles. The Hall–Kier alpha value is -3.35. The van der Waals surface area contributed by atoms with Gasteiger partial charge in [0.2, 0.25) is 0 Å². The SMILES string of the molecule is Cc1cc(OC2CN(C(=O)c3cc(-c4ccc(F)cc4)c[nH]3)C2)cc(=O)o1. The Bertz CT molecular complexity index is 1030. The van der Waals surface area contributed by atoms with Crippen molar-refractivity contribution in [1.82, 2.24) is 9.88 Å². The molecule has 1 aliphatic heterocycles. The zero-order valence-electron chi connectivity index (χ0n) is 14.6. The second kappa shape index (κ2) is 6.75. The first kappa shape index (κ1) is 17.1. The fourth-order valence-corrected chi connectivity index (χ4v) is 3.01. The number of halogens is 1. The molecular formula is C20H17FN2O4. The van der Waals surface area contributed by atoms with E-state index in [1.165, 1.54) is 18.2 Å². The summed E-state index contributed by atoms with van der Waals surface area (Å²) in [4.78, 5) is 28.5. The molecule has 7 heteroatoms. The van der Waals surface area contributed by atoms with Crippen LogP contribution in [0, 0.1) is 12.7 Å². The van der Waals surface area contributed by atoms with Crippen LogP contribution < -0.4 is 10.4 Å². The maximum absolute atomic E-state index is 13.0. The summed E-state index contributed by atoms with van der Waals surface area (Å²) in [6.07, 6.45) is 1.56. The van der Waals surface area contributed by atoms with Crippen LogP contribution >= 0.6 is 0 Å². The number of aromatic amines is 1. The third-order valence-electron chi connectivity index (χ3n) is 4.40. The number of nitrogens with one attached hydrogen (secondary N) is 1. The van der Waals surface area contributed by atoms with Crippen LogP contribution in [-0.2, 0) is 0 Å². The lowest BCUT2D eigenvalue weighted by Crippen LogP contribution is -2.56. The molecule has 138 valence electrons. The Morgan fingerprint density at radius 2 is 1.93 bits per heavy atom. The number of likely N-dealkylation sites (tertiary alicyclic amines) is 1. The fourth-order valence-electron chi connectivity index (χ4n) is 3.01. The van der Waals surface area contributed by atoms with E-state index < -0.39 is 5.63 Å². The smallest absolute Gasteiger partial charge is 0.339 e. The van der Waals surface area contributed by atoms with Crippen molar-refractivity contribution in [3.8, 4) is 16.9 Å². The quantitative estimate of drug-likeness (QED) is 0.768. The van der Waals surface area contributed by atoms with Gasteiger partial charge in [-0.05, 0) is 36.2 Å². The molecule has 1 saturated heterocycles. The van der Waals surface area contributed by atoms with Crippen molar-refractivity contribution in [2.24, 2.45) is 0 Å². The molecule has 0 aliphatic carbocycles. The third kappa shape index (κ3) is 3.62. The average Bonchev–Trinajstić information content (AvgIpc) is 3.07. The highest BCUT2D eigenvalue weighted by molar-refractivity contribution is 5.94. The molecule has 27 heavy (non-hydrogen) atoms. The number of amides is 1. The van der Waals surface area contributed by atoms with Crippen LogP contribution in [0.1, 0.15) is 16.2 Å². The van der Waals surface area contributed by atoms with Gasteiger partial charge in [0.15, 0.2) is 0 Å². The molecule has 1 fully saturated rings. The van der Waals surface area contributed by atoms with E-state index in [0.29, 0.717) is 30.3 Å². The van der Waals surface area contributed by atoms with Crippen molar-refractivity contribution in [3.63, 3.8) is 0 Å². The first-order chi connectivity index (χ1) is 13.0. The van der Waals surface area contributed by atoms with Gasteiger partial charge in [0.25, 0.3) is 5.91 Å². The number of H-pyrrole nitrogens is 1. The molecule has 0 spiro atoms. The molecule has 2 aromatic heterocycles. The maximum Gasteiger partial charge on any atom is 0.339 e. The lowest BCUT2D eigenvalue weighted by atomic mass is 10.1. The second-order valence-electron chi connectivity index (χ2n) is 6.48. The summed E-state index contributed by atoms with van der Waals surface area (Å²) >= 11 is 0. The Morgan fingerprint density at radius 1 is 1.19 bits per heavy atom. The number of aromatic nitrogens is 1. The third-order valence-corrected chi connectivity index (χ3v) is 4.40. The average molecular weight is 368 g/mol. The van der Waals surface area contributed by atoms with Crippen LogP contribution in [0.4, 0.5) is 4.39 Å². The summed E-state index contributed by atoms with van der Waals surface area (Å²) in [5.41, 5.74) is 1.65. The molecule has 3 aromatic rings. The monoisotopic (exact) mass is 368 g/mol. The van der Waals surface area contributed by atoms with Crippen molar-refractivity contribution in [3.05, 3.63) is 76.4 Å². The van der Waals surface area contributed by atoms with Crippen LogP contribution in [0.2, 0.25) is 0 Å². The van der Waals surface area contributed by atoms with Crippen molar-refractivity contribution >= 4 is 5.91 Å². The van der Waals surface area contributed by atoms with E-state index in [4.69, 9.17) is 9.15 Å². The van der Waals surface area contributed by atoms with E-state index in [1.54, 1.807) is 42.3 Å². The molecule has 0 atom stereocenters. The van der Waals surface area contributed by atoms with Gasteiger partial charge in [-0.2, -0.15) is 0 Å². The first-order valence-electron chi connectivity index (χ1n) is 8.50. The fraction of sp³-hybridized carbons (Fsp3) is 0.200. The molecule has 0 bridgehead atoms. The molecule has 1 aliphatic rings. The Balaban J connectivity index is 1.38. The largest absolute Gasteiger partial charge is 0.486 e. The predicted octanol–water partition coefficient (Wildman–Crippen LogP) is 2.99. The Kier molecular flexibility index (Phi) is 4.27. The van der Waals surface area contributed by atoms with Gasteiger partial charge in [0.1, 0.15) is 29.1 Å². The van der Waals surface area contributed by atoms with Crippen LogP contribution in [0.15, 0.2) is 57.9 Å². The van der Waals surface area contributed by atoms with Gasteiger partial charge in [-0.25, -0.2) is 9.18 Å². The topological polar surface area (TPSA) is 75.5 Å². The number of rotatable bonds is 4. The van der Waals surface area contributed by atoms with Crippen LogP contribution in [0.5, 0.6) is 5.75 Å². The normalized spacial score (nSPS) is 14.1. The highest BCUT2D eigenvalue weighted by Crippen LogP contribution is 2.23. The summed E-state index contributed by atoms with van der Waals surface area (Å²) in [6, 6.07) is 10.8. The van der Waals surface area contributed by atoms with E-state index in [2.05, 4.69) is 4.98 Å². The molecule has 3 heterocycles. The summed E-state index contributed by atoms with van der Waals surface area (Å²) in [7, 11) is 0. The number of hydrogen-bond donors (Lipinski definition) is 1. The minimum atomic E-state index is -0.461. The number of hydrogen-bond acceptors (Lipinski definition) is 4. The number of carbonyl (C=O) groups excluding carboxylic acids is 1. The zero-order valence-corrected chi connectivity index (χ0v) is 14.6. The maximum atomic E-state index is 13.0. The van der Waals surface area contributed by atoms with E-state index >= 15 is 0 Å². The summed E-state index contributed by atoms with van der Waals surface area (Å²) in [5.74, 6) is 0.485. The zero-order chi connectivity index (χ0) is 19.0. The molecule has 0 radical (unpaired) electrons. The Morgan fingerprint density at radius 3 is 2.63 bits per heavy atom. The first-order valence-corrected chi connectivity index (χ1v) is 8.50. The minimum Gasteiger partial charge on any atom is -0.486 e. The van der Waals surface area contributed by atoms with Gasteiger partial charge in [-0.15, -0.1) is 0 Å². The Labute approximate surface area is 154 Å². The van der Waals surface area contributed by atoms with Gasteiger partial charge >= 0.3 is 5.63 Å². The van der Waals surface area contributed by atoms with Crippen molar-refractivity contribution in [2.45, 2.75) is 13.0 Å². The highest BCUT2D eigenvalue weighted by atomic mass is 19.1. The molecule has 0 unspecified atom stereocenters. The van der Waals surface area contributed by atoms with Crippen LogP contribution in [-0.4, -0.2) is 35.0 Å². The van der Waals surface area contributed by atoms with E-state index in [1.807, 2.05) is 0 Å². The highest BCUT2D eigenvalue weighted by Gasteiger charge is 2.33.